The van der Waals surface area contributed by atoms with E-state index in [1.165, 1.54) is 0 Å². The first kappa shape index (κ1) is 17.7. The van der Waals surface area contributed by atoms with Crippen molar-refractivity contribution in [1.29, 1.82) is 0 Å². The zero-order chi connectivity index (χ0) is 17.9. The van der Waals surface area contributed by atoms with Crippen molar-refractivity contribution in [2.75, 3.05) is 19.0 Å². The zero-order valence-electron chi connectivity index (χ0n) is 14.6. The van der Waals surface area contributed by atoms with Crippen molar-refractivity contribution in [3.05, 3.63) is 23.8 Å². The molecule has 1 aliphatic heterocycles. The molecule has 1 saturated carbocycles. The number of nitrogens with one attached hydrogen (secondary N) is 2. The first-order valence-corrected chi connectivity index (χ1v) is 8.97. The van der Waals surface area contributed by atoms with Crippen LogP contribution in [0.3, 0.4) is 0 Å². The van der Waals surface area contributed by atoms with Gasteiger partial charge in [-0.15, -0.1) is 0 Å². The van der Waals surface area contributed by atoms with E-state index < -0.39 is 11.5 Å². The summed E-state index contributed by atoms with van der Waals surface area (Å²) in [5, 5.41) is 15.8. The second-order valence-corrected chi connectivity index (χ2v) is 7.10. The Kier molecular flexibility index (Phi) is 5.27. The van der Waals surface area contributed by atoms with Crippen molar-refractivity contribution in [1.82, 2.24) is 5.32 Å². The number of carbonyl (C=O) groups excluding carboxylic acids is 2. The van der Waals surface area contributed by atoms with E-state index in [0.717, 1.165) is 44.1 Å². The molecule has 2 amide bonds. The Balaban J connectivity index is 1.85. The van der Waals surface area contributed by atoms with Crippen molar-refractivity contribution in [2.45, 2.75) is 56.4 Å². The maximum atomic E-state index is 13.0. The van der Waals surface area contributed by atoms with Gasteiger partial charge in [0.25, 0.3) is 0 Å². The Morgan fingerprint density at radius 2 is 2.04 bits per heavy atom. The summed E-state index contributed by atoms with van der Waals surface area (Å²) >= 11 is 0. The van der Waals surface area contributed by atoms with Crippen LogP contribution in [0.5, 0.6) is 5.75 Å². The Morgan fingerprint density at radius 1 is 1.32 bits per heavy atom. The second-order valence-electron chi connectivity index (χ2n) is 7.10. The van der Waals surface area contributed by atoms with E-state index in [9.17, 15) is 14.7 Å². The fourth-order valence-electron chi connectivity index (χ4n) is 3.88. The lowest BCUT2D eigenvalue weighted by Crippen LogP contribution is -2.53. The van der Waals surface area contributed by atoms with Crippen LogP contribution in [0.15, 0.2) is 18.2 Å². The number of anilines is 1. The third kappa shape index (κ3) is 3.79. The van der Waals surface area contributed by atoms with E-state index >= 15 is 0 Å². The van der Waals surface area contributed by atoms with Crippen molar-refractivity contribution in [3.8, 4) is 5.75 Å². The molecule has 0 radical (unpaired) electrons. The van der Waals surface area contributed by atoms with Gasteiger partial charge in [-0.25, -0.2) is 0 Å². The standard InChI is InChI=1S/C19H26N2O4/c1-25-13-6-7-16-14(10-13)15(11-17(23)20-16)18(24)21-19(12-22)8-4-2-3-5-9-19/h6-7,10,15,22H,2-5,8-9,11-12H2,1H3,(H,20,23)(H,21,24)/t15-/m1/s1. The maximum Gasteiger partial charge on any atom is 0.228 e. The highest BCUT2D eigenvalue weighted by molar-refractivity contribution is 6.01. The van der Waals surface area contributed by atoms with Gasteiger partial charge in [0.1, 0.15) is 5.75 Å². The van der Waals surface area contributed by atoms with Gasteiger partial charge in [-0.2, -0.15) is 0 Å². The van der Waals surface area contributed by atoms with E-state index in [1.54, 1.807) is 25.3 Å². The molecule has 136 valence electrons. The fourth-order valence-corrected chi connectivity index (χ4v) is 3.88. The smallest absolute Gasteiger partial charge is 0.228 e. The predicted octanol–water partition coefficient (Wildman–Crippen LogP) is 2.32. The molecule has 2 aliphatic rings. The van der Waals surface area contributed by atoms with Gasteiger partial charge >= 0.3 is 0 Å². The van der Waals surface area contributed by atoms with E-state index in [-0.39, 0.29) is 24.8 Å². The van der Waals surface area contributed by atoms with Crippen molar-refractivity contribution in [3.63, 3.8) is 0 Å². The lowest BCUT2D eigenvalue weighted by molar-refractivity contribution is -0.128. The average Bonchev–Trinajstić information content (AvgIpc) is 2.86. The van der Waals surface area contributed by atoms with Crippen molar-refractivity contribution in [2.24, 2.45) is 0 Å². The van der Waals surface area contributed by atoms with Crippen molar-refractivity contribution < 1.29 is 19.4 Å². The van der Waals surface area contributed by atoms with Gasteiger partial charge in [-0.05, 0) is 36.6 Å². The molecule has 3 N–H and O–H groups in total. The van der Waals surface area contributed by atoms with Crippen LogP contribution in [0, 0.1) is 0 Å². The highest BCUT2D eigenvalue weighted by Gasteiger charge is 2.37. The van der Waals surface area contributed by atoms with E-state index in [0.29, 0.717) is 11.4 Å². The molecule has 0 aromatic heterocycles. The molecule has 0 bridgehead atoms. The van der Waals surface area contributed by atoms with Crippen LogP contribution < -0.4 is 15.4 Å². The monoisotopic (exact) mass is 346 g/mol. The van der Waals surface area contributed by atoms with E-state index in [1.807, 2.05) is 0 Å². The summed E-state index contributed by atoms with van der Waals surface area (Å²) in [5.41, 5.74) is 0.842. The molecule has 0 unspecified atom stereocenters. The van der Waals surface area contributed by atoms with Gasteiger partial charge in [0.2, 0.25) is 11.8 Å². The third-order valence-electron chi connectivity index (χ3n) is 5.37. The van der Waals surface area contributed by atoms with Crippen LogP contribution in [-0.4, -0.2) is 36.2 Å². The number of methoxy groups -OCH3 is 1. The SMILES string of the molecule is COc1ccc2c(c1)[C@H](C(=O)NC1(CO)CCCCCC1)CC(=O)N2. The summed E-state index contributed by atoms with van der Waals surface area (Å²) < 4.78 is 5.26. The quantitative estimate of drug-likeness (QED) is 0.730. The molecule has 1 aromatic rings. The Hall–Kier alpha value is -2.08. The molecule has 6 nitrogen and oxygen atoms in total. The molecular formula is C19H26N2O4. The van der Waals surface area contributed by atoms with Gasteiger partial charge in [0, 0.05) is 12.1 Å². The number of hydrogen-bond acceptors (Lipinski definition) is 4. The summed E-state index contributed by atoms with van der Waals surface area (Å²) in [6.07, 6.45) is 5.91. The Morgan fingerprint density at radius 3 is 2.68 bits per heavy atom. The largest absolute Gasteiger partial charge is 0.497 e. The van der Waals surface area contributed by atoms with Crippen molar-refractivity contribution >= 4 is 17.5 Å². The highest BCUT2D eigenvalue weighted by atomic mass is 16.5. The highest BCUT2D eigenvalue weighted by Crippen LogP contribution is 2.36. The summed E-state index contributed by atoms with van der Waals surface area (Å²) in [6, 6.07) is 5.33. The Bertz CT molecular complexity index is 651. The molecule has 0 saturated heterocycles. The summed E-state index contributed by atoms with van der Waals surface area (Å²) in [4.78, 5) is 25.0. The number of fused-ring (bicyclic) bond motifs is 1. The number of rotatable bonds is 4. The molecule has 1 heterocycles. The van der Waals surface area contributed by atoms with Crippen LogP contribution in [0.4, 0.5) is 5.69 Å². The molecule has 25 heavy (non-hydrogen) atoms. The first-order chi connectivity index (χ1) is 12.1. The van der Waals surface area contributed by atoms with Crippen LogP contribution in [0.25, 0.3) is 0 Å². The number of benzene rings is 1. The molecule has 1 fully saturated rings. The molecule has 1 aliphatic carbocycles. The third-order valence-corrected chi connectivity index (χ3v) is 5.37. The minimum atomic E-state index is -0.569. The molecule has 6 heteroatoms. The topological polar surface area (TPSA) is 87.7 Å². The van der Waals surface area contributed by atoms with E-state index in [2.05, 4.69) is 10.6 Å². The summed E-state index contributed by atoms with van der Waals surface area (Å²) in [6.45, 7) is -0.0668. The number of hydrogen-bond donors (Lipinski definition) is 3. The number of ether oxygens (including phenoxy) is 1. The molecular weight excluding hydrogens is 320 g/mol. The maximum absolute atomic E-state index is 13.0. The number of carbonyl (C=O) groups is 2. The van der Waals surface area contributed by atoms with Gasteiger partial charge in [0.05, 0.1) is 25.2 Å². The molecule has 3 rings (SSSR count). The van der Waals surface area contributed by atoms with Gasteiger partial charge in [0.15, 0.2) is 0 Å². The average molecular weight is 346 g/mol. The van der Waals surface area contributed by atoms with Gasteiger partial charge in [-0.1, -0.05) is 25.7 Å². The Labute approximate surface area is 147 Å². The second kappa shape index (κ2) is 7.44. The van der Waals surface area contributed by atoms with Crippen LogP contribution >= 0.6 is 0 Å². The zero-order valence-corrected chi connectivity index (χ0v) is 14.6. The van der Waals surface area contributed by atoms with Crippen LogP contribution in [0.1, 0.15) is 56.4 Å². The number of aliphatic hydroxyl groups is 1. The molecule has 0 spiro atoms. The fraction of sp³-hybridized carbons (Fsp3) is 0.579. The van der Waals surface area contributed by atoms with Gasteiger partial charge < -0.3 is 20.5 Å². The normalized spacial score (nSPS) is 22.3. The molecule has 1 aromatic carbocycles. The molecule has 1 atom stereocenters. The van der Waals surface area contributed by atoms with Gasteiger partial charge in [-0.3, -0.25) is 9.59 Å². The number of aliphatic hydroxyl groups excluding tert-OH is 1. The van der Waals surface area contributed by atoms with Crippen LogP contribution in [-0.2, 0) is 9.59 Å². The minimum absolute atomic E-state index is 0.0668. The minimum Gasteiger partial charge on any atom is -0.497 e. The lowest BCUT2D eigenvalue weighted by Gasteiger charge is -2.35. The number of amides is 2. The summed E-state index contributed by atoms with van der Waals surface area (Å²) in [7, 11) is 1.57. The predicted molar refractivity (Wildman–Crippen MR) is 94.6 cm³/mol. The van der Waals surface area contributed by atoms with Crippen LogP contribution in [0.2, 0.25) is 0 Å². The first-order valence-electron chi connectivity index (χ1n) is 8.97. The van der Waals surface area contributed by atoms with E-state index in [4.69, 9.17) is 4.74 Å². The lowest BCUT2D eigenvalue weighted by atomic mass is 9.86. The summed E-state index contributed by atoms with van der Waals surface area (Å²) in [5.74, 6) is -0.276.